The SMILES string of the molecule is O=Cc1cnc(Nc2ccccc2Cl)nc1. The third kappa shape index (κ3) is 2.35. The highest BCUT2D eigenvalue weighted by molar-refractivity contribution is 6.33. The molecule has 5 heteroatoms. The summed E-state index contributed by atoms with van der Waals surface area (Å²) in [4.78, 5) is 18.4. The van der Waals surface area contributed by atoms with Crippen LogP contribution in [0.3, 0.4) is 0 Å². The third-order valence-electron chi connectivity index (χ3n) is 1.93. The lowest BCUT2D eigenvalue weighted by molar-refractivity contribution is 0.112. The highest BCUT2D eigenvalue weighted by Crippen LogP contribution is 2.22. The van der Waals surface area contributed by atoms with Gasteiger partial charge >= 0.3 is 0 Å². The average Bonchev–Trinajstić information content (AvgIpc) is 2.33. The monoisotopic (exact) mass is 233 g/mol. The summed E-state index contributed by atoms with van der Waals surface area (Å²) in [5.41, 5.74) is 1.16. The molecule has 0 saturated carbocycles. The van der Waals surface area contributed by atoms with Crippen LogP contribution in [0.2, 0.25) is 5.02 Å². The van der Waals surface area contributed by atoms with Crippen LogP contribution in [0, 0.1) is 0 Å². The van der Waals surface area contributed by atoms with Gasteiger partial charge in [0.2, 0.25) is 5.95 Å². The van der Waals surface area contributed by atoms with Crippen molar-refractivity contribution >= 4 is 29.5 Å². The molecule has 0 spiro atoms. The van der Waals surface area contributed by atoms with Crippen molar-refractivity contribution in [1.82, 2.24) is 9.97 Å². The number of nitrogens with zero attached hydrogens (tertiary/aromatic N) is 2. The van der Waals surface area contributed by atoms with Gasteiger partial charge in [-0.2, -0.15) is 0 Å². The van der Waals surface area contributed by atoms with Crippen molar-refractivity contribution in [2.45, 2.75) is 0 Å². The molecule has 1 aromatic heterocycles. The van der Waals surface area contributed by atoms with E-state index in [2.05, 4.69) is 15.3 Å². The minimum atomic E-state index is 0.402. The molecule has 4 nitrogen and oxygen atoms in total. The summed E-state index contributed by atoms with van der Waals surface area (Å²) >= 11 is 5.96. The van der Waals surface area contributed by atoms with E-state index >= 15 is 0 Å². The maximum Gasteiger partial charge on any atom is 0.227 e. The molecule has 2 aromatic rings. The lowest BCUT2D eigenvalue weighted by atomic mass is 10.3. The van der Waals surface area contributed by atoms with Crippen LogP contribution < -0.4 is 5.32 Å². The van der Waals surface area contributed by atoms with Crippen LogP contribution in [-0.4, -0.2) is 16.3 Å². The number of aldehydes is 1. The number of halogens is 1. The van der Waals surface area contributed by atoms with Gasteiger partial charge in [-0.1, -0.05) is 23.7 Å². The maximum atomic E-state index is 10.4. The summed E-state index contributed by atoms with van der Waals surface area (Å²) in [7, 11) is 0. The van der Waals surface area contributed by atoms with Gasteiger partial charge in [0.1, 0.15) is 0 Å². The largest absolute Gasteiger partial charge is 0.323 e. The molecule has 0 bridgehead atoms. The Bertz CT molecular complexity index is 499. The van der Waals surface area contributed by atoms with E-state index in [-0.39, 0.29) is 0 Å². The van der Waals surface area contributed by atoms with Gasteiger partial charge in [0, 0.05) is 12.4 Å². The van der Waals surface area contributed by atoms with Crippen LogP contribution >= 0.6 is 11.6 Å². The van der Waals surface area contributed by atoms with Gasteiger partial charge in [-0.05, 0) is 12.1 Å². The summed E-state index contributed by atoms with van der Waals surface area (Å²) in [6, 6.07) is 7.28. The first-order valence-electron chi connectivity index (χ1n) is 4.58. The number of benzene rings is 1. The molecule has 0 aliphatic carbocycles. The van der Waals surface area contributed by atoms with Crippen LogP contribution in [0.1, 0.15) is 10.4 Å². The van der Waals surface area contributed by atoms with Crippen LogP contribution in [0.15, 0.2) is 36.7 Å². The topological polar surface area (TPSA) is 54.9 Å². The summed E-state index contributed by atoms with van der Waals surface area (Å²) in [5, 5.41) is 3.54. The normalized spacial score (nSPS) is 9.81. The molecule has 80 valence electrons. The first kappa shape index (κ1) is 10.6. The van der Waals surface area contributed by atoms with E-state index in [1.165, 1.54) is 12.4 Å². The van der Waals surface area contributed by atoms with Crippen LogP contribution in [0.4, 0.5) is 11.6 Å². The first-order valence-corrected chi connectivity index (χ1v) is 4.96. The first-order chi connectivity index (χ1) is 7.79. The molecule has 0 unspecified atom stereocenters. The van der Waals surface area contributed by atoms with Gasteiger partial charge in [0.15, 0.2) is 6.29 Å². The molecule has 1 N–H and O–H groups in total. The summed E-state index contributed by atoms with van der Waals surface area (Å²) in [6.07, 6.45) is 3.58. The smallest absolute Gasteiger partial charge is 0.227 e. The molecule has 0 atom stereocenters. The van der Waals surface area contributed by atoms with E-state index in [0.717, 1.165) is 5.69 Å². The summed E-state index contributed by atoms with van der Waals surface area (Å²) < 4.78 is 0. The van der Waals surface area contributed by atoms with Crippen molar-refractivity contribution < 1.29 is 4.79 Å². The van der Waals surface area contributed by atoms with Crippen molar-refractivity contribution in [1.29, 1.82) is 0 Å². The summed E-state index contributed by atoms with van der Waals surface area (Å²) in [6.45, 7) is 0. The predicted molar refractivity (Wildman–Crippen MR) is 62.2 cm³/mol. The van der Waals surface area contributed by atoms with E-state index in [4.69, 9.17) is 11.6 Å². The van der Waals surface area contributed by atoms with Gasteiger partial charge in [-0.25, -0.2) is 9.97 Å². The molecule has 0 amide bonds. The fraction of sp³-hybridized carbons (Fsp3) is 0. The zero-order chi connectivity index (χ0) is 11.4. The molecule has 0 saturated heterocycles. The lowest BCUT2D eigenvalue weighted by Crippen LogP contribution is -1.97. The minimum Gasteiger partial charge on any atom is -0.323 e. The Morgan fingerprint density at radius 1 is 1.19 bits per heavy atom. The molecule has 1 heterocycles. The number of aromatic nitrogens is 2. The maximum absolute atomic E-state index is 10.4. The number of hydrogen-bond donors (Lipinski definition) is 1. The fourth-order valence-electron chi connectivity index (χ4n) is 1.15. The molecule has 0 fully saturated rings. The molecule has 1 aromatic carbocycles. The van der Waals surface area contributed by atoms with Crippen LogP contribution in [0.5, 0.6) is 0 Å². The molecule has 0 aliphatic heterocycles. The highest BCUT2D eigenvalue weighted by Gasteiger charge is 2.01. The fourth-order valence-corrected chi connectivity index (χ4v) is 1.33. The molecular weight excluding hydrogens is 226 g/mol. The number of carbonyl (C=O) groups excluding carboxylic acids is 1. The van der Waals surface area contributed by atoms with E-state index in [1.807, 2.05) is 18.2 Å². The summed E-state index contributed by atoms with van der Waals surface area (Å²) in [5.74, 6) is 0.402. The second-order valence-electron chi connectivity index (χ2n) is 3.06. The van der Waals surface area contributed by atoms with Gasteiger partial charge in [-0.3, -0.25) is 4.79 Å². The van der Waals surface area contributed by atoms with E-state index in [1.54, 1.807) is 6.07 Å². The van der Waals surface area contributed by atoms with Gasteiger partial charge in [0.05, 0.1) is 16.3 Å². The molecular formula is C11H8ClN3O. The van der Waals surface area contributed by atoms with Crippen molar-refractivity contribution in [3.8, 4) is 0 Å². The minimum absolute atomic E-state index is 0.402. The van der Waals surface area contributed by atoms with Gasteiger partial charge < -0.3 is 5.32 Å². The average molecular weight is 234 g/mol. The van der Waals surface area contributed by atoms with E-state index < -0.39 is 0 Å². The van der Waals surface area contributed by atoms with Gasteiger partial charge in [0.25, 0.3) is 0 Å². The lowest BCUT2D eigenvalue weighted by Gasteiger charge is -2.05. The Morgan fingerprint density at radius 3 is 2.50 bits per heavy atom. The van der Waals surface area contributed by atoms with Crippen molar-refractivity contribution in [3.63, 3.8) is 0 Å². The Hall–Kier alpha value is -1.94. The Morgan fingerprint density at radius 2 is 1.88 bits per heavy atom. The zero-order valence-corrected chi connectivity index (χ0v) is 8.98. The van der Waals surface area contributed by atoms with Crippen LogP contribution in [-0.2, 0) is 0 Å². The number of rotatable bonds is 3. The van der Waals surface area contributed by atoms with E-state index in [9.17, 15) is 4.79 Å². The van der Waals surface area contributed by atoms with Gasteiger partial charge in [-0.15, -0.1) is 0 Å². The van der Waals surface area contributed by atoms with Crippen molar-refractivity contribution in [2.24, 2.45) is 0 Å². The highest BCUT2D eigenvalue weighted by atomic mass is 35.5. The molecule has 0 radical (unpaired) electrons. The second kappa shape index (κ2) is 4.72. The molecule has 16 heavy (non-hydrogen) atoms. The zero-order valence-electron chi connectivity index (χ0n) is 8.22. The molecule has 2 rings (SSSR count). The second-order valence-corrected chi connectivity index (χ2v) is 3.47. The van der Waals surface area contributed by atoms with Crippen molar-refractivity contribution in [3.05, 3.63) is 47.2 Å². The Kier molecular flexibility index (Phi) is 3.12. The third-order valence-corrected chi connectivity index (χ3v) is 2.26. The Balaban J connectivity index is 2.21. The van der Waals surface area contributed by atoms with Crippen LogP contribution in [0.25, 0.3) is 0 Å². The number of anilines is 2. The number of nitrogens with one attached hydrogen (secondary N) is 1. The van der Waals surface area contributed by atoms with E-state index in [0.29, 0.717) is 22.8 Å². The Labute approximate surface area is 97.3 Å². The molecule has 0 aliphatic rings. The quantitative estimate of drug-likeness (QED) is 0.829. The number of para-hydroxylation sites is 1. The number of carbonyl (C=O) groups is 1. The van der Waals surface area contributed by atoms with Crippen molar-refractivity contribution in [2.75, 3.05) is 5.32 Å². The number of hydrogen-bond acceptors (Lipinski definition) is 4. The standard InChI is InChI=1S/C11H8ClN3O/c12-9-3-1-2-4-10(9)15-11-13-5-8(7-16)6-14-11/h1-7H,(H,13,14,15). The predicted octanol–water partition coefficient (Wildman–Crippen LogP) is 2.69.